The predicted molar refractivity (Wildman–Crippen MR) is 82.1 cm³/mol. The van der Waals surface area contributed by atoms with Gasteiger partial charge in [-0.2, -0.15) is 5.26 Å². The van der Waals surface area contributed by atoms with Crippen molar-refractivity contribution in [3.8, 4) is 6.07 Å². The highest BCUT2D eigenvalue weighted by atomic mass is 19.2. The van der Waals surface area contributed by atoms with Crippen molar-refractivity contribution in [2.45, 2.75) is 0 Å². The van der Waals surface area contributed by atoms with Crippen LogP contribution in [-0.2, 0) is 0 Å². The summed E-state index contributed by atoms with van der Waals surface area (Å²) < 4.78 is 60.3. The number of hydrogen-bond donors (Lipinski definition) is 0. The number of rotatable bonds is 3. The molecule has 1 heterocycles. The van der Waals surface area contributed by atoms with Gasteiger partial charge in [0.15, 0.2) is 23.3 Å². The summed E-state index contributed by atoms with van der Waals surface area (Å²) in [7, 11) is 0. The van der Waals surface area contributed by atoms with Crippen LogP contribution >= 0.6 is 0 Å². The van der Waals surface area contributed by atoms with Crippen molar-refractivity contribution >= 4 is 22.5 Å². The molecule has 9 heteroatoms. The lowest BCUT2D eigenvalue weighted by atomic mass is 9.98. The lowest BCUT2D eigenvalue weighted by Crippen LogP contribution is -2.25. The maximum atomic E-state index is 14.0. The molecule has 0 N–H and O–H groups in total. The molecule has 0 bridgehead atoms. The van der Waals surface area contributed by atoms with E-state index in [1.54, 1.807) is 0 Å². The number of nitriles is 1. The van der Waals surface area contributed by atoms with Gasteiger partial charge in [-0.25, -0.2) is 17.6 Å². The van der Waals surface area contributed by atoms with Crippen LogP contribution in [0.15, 0.2) is 39.7 Å². The number of carbonyl (C=O) groups excluding carboxylic acids is 2. The van der Waals surface area contributed by atoms with Gasteiger partial charge >= 0.3 is 0 Å². The summed E-state index contributed by atoms with van der Waals surface area (Å²) in [4.78, 5) is 36.7. The Balaban J connectivity index is 2.19. The number of Topliss-reactive ketones (excluding diaryl/α,β-unsaturated/α-hetero) is 2. The van der Waals surface area contributed by atoms with Gasteiger partial charge in [0, 0.05) is 0 Å². The Morgan fingerprint density at radius 3 is 2.11 bits per heavy atom. The van der Waals surface area contributed by atoms with E-state index in [-0.39, 0.29) is 11.0 Å². The molecular formula is C18H5F4NO4. The van der Waals surface area contributed by atoms with Gasteiger partial charge < -0.3 is 4.42 Å². The zero-order valence-electron chi connectivity index (χ0n) is 13.0. The number of carbonyl (C=O) groups is 2. The fourth-order valence-corrected chi connectivity index (χ4v) is 2.40. The Morgan fingerprint density at radius 1 is 0.926 bits per heavy atom. The number of ketones is 2. The normalized spacial score (nSPS) is 10.6. The van der Waals surface area contributed by atoms with Crippen LogP contribution in [0.5, 0.6) is 0 Å². The largest absolute Gasteiger partial charge is 0.463 e. The predicted octanol–water partition coefficient (Wildman–Crippen LogP) is 3.29. The second-order valence-electron chi connectivity index (χ2n) is 5.25. The molecule has 0 amide bonds. The van der Waals surface area contributed by atoms with Crippen molar-refractivity contribution < 1.29 is 31.6 Å². The standard InChI is InChI=1S/C18H5F4NO4/c19-12-8(5-23)13(20)15(22)11(14(12)21)18(26)17(25)9-6-27-10-4-2-1-3-7(10)16(9)24/h1-4,6H. The van der Waals surface area contributed by atoms with Crippen LogP contribution in [0.3, 0.4) is 0 Å². The zero-order chi connectivity index (χ0) is 19.9. The van der Waals surface area contributed by atoms with E-state index in [9.17, 15) is 31.9 Å². The molecule has 3 rings (SSSR count). The molecule has 1 aromatic heterocycles. The third-order valence-corrected chi connectivity index (χ3v) is 3.73. The first kappa shape index (κ1) is 18.0. The first-order valence-corrected chi connectivity index (χ1v) is 7.15. The number of fused-ring (bicyclic) bond motifs is 1. The monoisotopic (exact) mass is 375 g/mol. The highest BCUT2D eigenvalue weighted by Crippen LogP contribution is 2.25. The molecule has 0 radical (unpaired) electrons. The first-order chi connectivity index (χ1) is 12.8. The van der Waals surface area contributed by atoms with Crippen LogP contribution in [0, 0.1) is 34.6 Å². The first-order valence-electron chi connectivity index (χ1n) is 7.15. The summed E-state index contributed by atoms with van der Waals surface area (Å²) in [5.74, 6) is -12.4. The maximum Gasteiger partial charge on any atom is 0.240 e. The fraction of sp³-hybridized carbons (Fsp3) is 0. The van der Waals surface area contributed by atoms with E-state index in [2.05, 4.69) is 0 Å². The molecule has 0 fully saturated rings. The SMILES string of the molecule is N#Cc1c(F)c(F)c(C(=O)C(=O)c2coc3ccccc3c2=O)c(F)c1F. The summed E-state index contributed by atoms with van der Waals surface area (Å²) >= 11 is 0. The minimum absolute atomic E-state index is 0.0827. The van der Waals surface area contributed by atoms with E-state index in [0.29, 0.717) is 6.26 Å². The second-order valence-corrected chi connectivity index (χ2v) is 5.25. The lowest BCUT2D eigenvalue weighted by Gasteiger charge is -2.07. The summed E-state index contributed by atoms with van der Waals surface area (Å²) in [5.41, 5.74) is -5.19. The summed E-state index contributed by atoms with van der Waals surface area (Å²) in [5, 5.41) is 8.44. The topological polar surface area (TPSA) is 88.1 Å². The molecule has 0 saturated carbocycles. The van der Waals surface area contributed by atoms with E-state index in [4.69, 9.17) is 9.68 Å². The third-order valence-electron chi connectivity index (χ3n) is 3.73. The van der Waals surface area contributed by atoms with Crippen molar-refractivity contribution in [1.82, 2.24) is 0 Å². The van der Waals surface area contributed by atoms with Crippen molar-refractivity contribution in [1.29, 1.82) is 5.26 Å². The Bertz CT molecular complexity index is 1210. The van der Waals surface area contributed by atoms with Gasteiger partial charge in [0.2, 0.25) is 17.0 Å². The molecule has 3 aromatic rings. The minimum Gasteiger partial charge on any atom is -0.463 e. The number of hydrogen-bond acceptors (Lipinski definition) is 5. The van der Waals surface area contributed by atoms with E-state index in [1.165, 1.54) is 24.3 Å². The molecule has 0 unspecified atom stereocenters. The average Bonchev–Trinajstić information content (AvgIpc) is 2.67. The van der Waals surface area contributed by atoms with Crippen LogP contribution in [0.25, 0.3) is 11.0 Å². The fourth-order valence-electron chi connectivity index (χ4n) is 2.40. The number of para-hydroxylation sites is 1. The van der Waals surface area contributed by atoms with Crippen molar-refractivity contribution in [2.24, 2.45) is 0 Å². The maximum absolute atomic E-state index is 14.0. The van der Waals surface area contributed by atoms with Gasteiger partial charge in [-0.1, -0.05) is 12.1 Å². The Kier molecular flexibility index (Phi) is 4.33. The number of nitrogens with zero attached hydrogens (tertiary/aromatic N) is 1. The average molecular weight is 375 g/mol. The molecule has 0 aliphatic rings. The molecule has 0 saturated heterocycles. The van der Waals surface area contributed by atoms with E-state index in [0.717, 1.165) is 6.07 Å². The lowest BCUT2D eigenvalue weighted by molar-refractivity contribution is 0.0808. The molecule has 0 atom stereocenters. The van der Waals surface area contributed by atoms with E-state index < -0.39 is 57.0 Å². The quantitative estimate of drug-likeness (QED) is 0.303. The van der Waals surface area contributed by atoms with Gasteiger partial charge in [-0.15, -0.1) is 0 Å². The van der Waals surface area contributed by atoms with Gasteiger partial charge in [0.05, 0.1) is 5.39 Å². The van der Waals surface area contributed by atoms with Gasteiger partial charge in [0.1, 0.15) is 34.6 Å². The van der Waals surface area contributed by atoms with Crippen LogP contribution < -0.4 is 5.43 Å². The highest BCUT2D eigenvalue weighted by Gasteiger charge is 2.34. The molecule has 5 nitrogen and oxygen atoms in total. The van der Waals surface area contributed by atoms with Crippen molar-refractivity contribution in [3.63, 3.8) is 0 Å². The van der Waals surface area contributed by atoms with Crippen LogP contribution in [0.1, 0.15) is 26.3 Å². The van der Waals surface area contributed by atoms with Crippen LogP contribution in [0.4, 0.5) is 17.6 Å². The molecular weight excluding hydrogens is 370 g/mol. The summed E-state index contributed by atoms with van der Waals surface area (Å²) in [6.07, 6.45) is 0.608. The number of benzene rings is 2. The highest BCUT2D eigenvalue weighted by molar-refractivity contribution is 6.49. The minimum atomic E-state index is -2.21. The molecule has 0 spiro atoms. The zero-order valence-corrected chi connectivity index (χ0v) is 13.0. The van der Waals surface area contributed by atoms with Gasteiger partial charge in [0.25, 0.3) is 0 Å². The Hall–Kier alpha value is -3.80. The van der Waals surface area contributed by atoms with Gasteiger partial charge in [-0.05, 0) is 12.1 Å². The van der Waals surface area contributed by atoms with E-state index >= 15 is 0 Å². The second kappa shape index (κ2) is 6.49. The molecule has 0 aliphatic carbocycles. The van der Waals surface area contributed by atoms with Crippen molar-refractivity contribution in [3.05, 3.63) is 80.7 Å². The van der Waals surface area contributed by atoms with Gasteiger partial charge in [-0.3, -0.25) is 14.4 Å². The molecule has 27 heavy (non-hydrogen) atoms. The van der Waals surface area contributed by atoms with Crippen LogP contribution in [0.2, 0.25) is 0 Å². The third kappa shape index (κ3) is 2.67. The summed E-state index contributed by atoms with van der Waals surface area (Å²) in [6, 6.07) is 6.57. The number of halogens is 4. The molecule has 0 aliphatic heterocycles. The Labute approximate surface area is 147 Å². The van der Waals surface area contributed by atoms with Crippen LogP contribution in [-0.4, -0.2) is 11.6 Å². The summed E-state index contributed by atoms with van der Waals surface area (Å²) in [6.45, 7) is 0. The van der Waals surface area contributed by atoms with Crippen molar-refractivity contribution in [2.75, 3.05) is 0 Å². The smallest absolute Gasteiger partial charge is 0.240 e. The Morgan fingerprint density at radius 2 is 1.52 bits per heavy atom. The molecule has 2 aromatic carbocycles. The molecule has 134 valence electrons. The van der Waals surface area contributed by atoms with E-state index in [1.807, 2.05) is 0 Å².